The second kappa shape index (κ2) is 7.28. The monoisotopic (exact) mass is 332 g/mol. The first-order valence-electron chi connectivity index (χ1n) is 7.59. The minimum absolute atomic E-state index is 0. The highest BCUT2D eigenvalue weighted by Gasteiger charge is 2.49. The zero-order chi connectivity index (χ0) is 15.6. The zero-order valence-electron chi connectivity index (χ0n) is 13.3. The lowest BCUT2D eigenvalue weighted by atomic mass is 9.93. The van der Waals surface area contributed by atoms with E-state index in [4.69, 9.17) is 0 Å². The summed E-state index contributed by atoms with van der Waals surface area (Å²) < 4.78 is 0. The summed E-state index contributed by atoms with van der Waals surface area (Å²) in [7, 11) is 0. The van der Waals surface area contributed by atoms with Crippen LogP contribution in [0.15, 0.2) is 0 Å². The summed E-state index contributed by atoms with van der Waals surface area (Å²) >= 11 is 0. The molecule has 2 saturated heterocycles. The molecule has 1 atom stereocenters. The van der Waals surface area contributed by atoms with Gasteiger partial charge in [0.15, 0.2) is 0 Å². The number of nitrogens with zero attached hydrogens (tertiary/aromatic N) is 2. The Hall–Kier alpha value is -1.34. The van der Waals surface area contributed by atoms with E-state index in [9.17, 15) is 14.4 Å². The van der Waals surface area contributed by atoms with Gasteiger partial charge in [-0.05, 0) is 19.8 Å². The van der Waals surface area contributed by atoms with Crippen LogP contribution in [0.2, 0.25) is 0 Å². The van der Waals surface area contributed by atoms with Crippen molar-refractivity contribution in [1.29, 1.82) is 0 Å². The Labute approximate surface area is 137 Å². The van der Waals surface area contributed by atoms with Gasteiger partial charge in [0.2, 0.25) is 5.91 Å². The Bertz CT molecular complexity index is 453. The van der Waals surface area contributed by atoms with Crippen LogP contribution in [0.4, 0.5) is 4.79 Å². The SMILES string of the molecule is CCC1(CC)NC(=O)N(CC(=O)N2CCNCC2C)C1=O.Cl. The third-order valence-corrected chi connectivity index (χ3v) is 4.57. The maximum absolute atomic E-state index is 12.5. The smallest absolute Gasteiger partial charge is 0.325 e. The van der Waals surface area contributed by atoms with Crippen LogP contribution in [-0.2, 0) is 9.59 Å². The van der Waals surface area contributed by atoms with E-state index in [0.717, 1.165) is 18.0 Å². The summed E-state index contributed by atoms with van der Waals surface area (Å²) in [6.45, 7) is 7.60. The Balaban J connectivity index is 0.00000242. The van der Waals surface area contributed by atoms with E-state index in [0.29, 0.717) is 19.4 Å². The van der Waals surface area contributed by atoms with Crippen LogP contribution < -0.4 is 10.6 Å². The van der Waals surface area contributed by atoms with Gasteiger partial charge >= 0.3 is 6.03 Å². The summed E-state index contributed by atoms with van der Waals surface area (Å²) in [5, 5.41) is 5.95. The third kappa shape index (κ3) is 3.20. The van der Waals surface area contributed by atoms with Gasteiger partial charge < -0.3 is 15.5 Å². The van der Waals surface area contributed by atoms with Gasteiger partial charge in [-0.1, -0.05) is 13.8 Å². The minimum Gasteiger partial charge on any atom is -0.336 e. The average molecular weight is 333 g/mol. The Kier molecular flexibility index (Phi) is 6.19. The Morgan fingerprint density at radius 2 is 1.95 bits per heavy atom. The van der Waals surface area contributed by atoms with Crippen LogP contribution in [0.5, 0.6) is 0 Å². The predicted octanol–water partition coefficient (Wildman–Crippen LogP) is 0.339. The van der Waals surface area contributed by atoms with Gasteiger partial charge in [0.25, 0.3) is 5.91 Å². The van der Waals surface area contributed by atoms with E-state index in [-0.39, 0.29) is 36.8 Å². The largest absolute Gasteiger partial charge is 0.336 e. The number of nitrogens with one attached hydrogen (secondary N) is 2. The van der Waals surface area contributed by atoms with Gasteiger partial charge in [0.1, 0.15) is 12.1 Å². The third-order valence-electron chi connectivity index (χ3n) is 4.57. The molecule has 0 spiro atoms. The standard InChI is InChI=1S/C14H24N4O3.ClH/c1-4-14(5-2)12(20)18(13(21)16-14)9-11(19)17-7-6-15-8-10(17)3;/h10,15H,4-9H2,1-3H3,(H,16,21);1H. The summed E-state index contributed by atoms with van der Waals surface area (Å²) in [6, 6.07) is -0.381. The van der Waals surface area contributed by atoms with Gasteiger partial charge in [-0.3, -0.25) is 14.5 Å². The fourth-order valence-electron chi connectivity index (χ4n) is 2.99. The number of hydrogen-bond donors (Lipinski definition) is 2. The van der Waals surface area contributed by atoms with Crippen LogP contribution in [0.25, 0.3) is 0 Å². The molecular weight excluding hydrogens is 308 g/mol. The van der Waals surface area contributed by atoms with Crippen LogP contribution >= 0.6 is 12.4 Å². The topological polar surface area (TPSA) is 81.8 Å². The number of hydrogen-bond acceptors (Lipinski definition) is 4. The van der Waals surface area contributed by atoms with E-state index < -0.39 is 11.6 Å². The first-order chi connectivity index (χ1) is 9.95. The molecule has 2 aliphatic heterocycles. The highest BCUT2D eigenvalue weighted by Crippen LogP contribution is 2.24. The second-order valence-corrected chi connectivity index (χ2v) is 5.75. The molecule has 0 aromatic carbocycles. The first-order valence-corrected chi connectivity index (χ1v) is 7.59. The molecule has 0 aromatic rings. The fraction of sp³-hybridized carbons (Fsp3) is 0.786. The minimum atomic E-state index is -0.841. The molecule has 7 nitrogen and oxygen atoms in total. The molecule has 0 bridgehead atoms. The lowest BCUT2D eigenvalue weighted by molar-refractivity contribution is -0.140. The molecule has 0 radical (unpaired) electrons. The summed E-state index contributed by atoms with van der Waals surface area (Å²) in [5.41, 5.74) is -0.841. The van der Waals surface area contributed by atoms with Gasteiger partial charge in [-0.15, -0.1) is 12.4 Å². The van der Waals surface area contributed by atoms with Crippen molar-refractivity contribution in [3.63, 3.8) is 0 Å². The summed E-state index contributed by atoms with van der Waals surface area (Å²) in [6.07, 6.45) is 1.06. The molecule has 4 amide bonds. The normalized spacial score (nSPS) is 24.0. The van der Waals surface area contributed by atoms with Crippen molar-refractivity contribution in [2.45, 2.75) is 45.2 Å². The Morgan fingerprint density at radius 3 is 2.45 bits per heavy atom. The van der Waals surface area contributed by atoms with Crippen LogP contribution in [0.1, 0.15) is 33.6 Å². The molecule has 2 N–H and O–H groups in total. The van der Waals surface area contributed by atoms with Gasteiger partial charge in [0, 0.05) is 25.7 Å². The molecule has 0 aliphatic carbocycles. The summed E-state index contributed by atoms with van der Waals surface area (Å²) in [4.78, 5) is 39.6. The maximum atomic E-state index is 12.5. The maximum Gasteiger partial charge on any atom is 0.325 e. The lowest BCUT2D eigenvalue weighted by Gasteiger charge is -2.34. The molecule has 2 rings (SSSR count). The van der Waals surface area contributed by atoms with Crippen LogP contribution in [0, 0.1) is 0 Å². The highest BCUT2D eigenvalue weighted by atomic mass is 35.5. The van der Waals surface area contributed by atoms with Crippen LogP contribution in [-0.4, -0.2) is 65.4 Å². The molecule has 1 unspecified atom stereocenters. The number of urea groups is 1. The quantitative estimate of drug-likeness (QED) is 0.727. The van der Waals surface area contributed by atoms with Crippen molar-refractivity contribution in [2.75, 3.05) is 26.2 Å². The van der Waals surface area contributed by atoms with Crippen molar-refractivity contribution < 1.29 is 14.4 Å². The highest BCUT2D eigenvalue weighted by molar-refractivity contribution is 6.09. The van der Waals surface area contributed by atoms with Gasteiger partial charge in [0.05, 0.1) is 0 Å². The number of halogens is 1. The Morgan fingerprint density at radius 1 is 1.32 bits per heavy atom. The second-order valence-electron chi connectivity index (χ2n) is 5.75. The van der Waals surface area contributed by atoms with Crippen molar-refractivity contribution in [3.05, 3.63) is 0 Å². The first kappa shape index (κ1) is 18.7. The van der Waals surface area contributed by atoms with Gasteiger partial charge in [-0.2, -0.15) is 0 Å². The fourth-order valence-corrected chi connectivity index (χ4v) is 2.99. The van der Waals surface area contributed by atoms with E-state index in [1.165, 1.54) is 0 Å². The molecule has 8 heteroatoms. The number of carbonyl (C=O) groups is 3. The van der Waals surface area contributed by atoms with E-state index in [1.807, 2.05) is 20.8 Å². The van der Waals surface area contributed by atoms with Crippen molar-refractivity contribution in [3.8, 4) is 0 Å². The zero-order valence-corrected chi connectivity index (χ0v) is 14.2. The number of piperazine rings is 1. The molecule has 2 aliphatic rings. The van der Waals surface area contributed by atoms with E-state index in [1.54, 1.807) is 4.90 Å². The van der Waals surface area contributed by atoms with Crippen molar-refractivity contribution in [1.82, 2.24) is 20.4 Å². The number of imide groups is 1. The molecule has 0 aromatic heterocycles. The average Bonchev–Trinajstić information content (AvgIpc) is 2.72. The van der Waals surface area contributed by atoms with E-state index >= 15 is 0 Å². The van der Waals surface area contributed by atoms with Crippen molar-refractivity contribution >= 4 is 30.3 Å². The molecule has 22 heavy (non-hydrogen) atoms. The van der Waals surface area contributed by atoms with Gasteiger partial charge in [-0.25, -0.2) is 4.79 Å². The lowest BCUT2D eigenvalue weighted by Crippen LogP contribution is -2.55. The van der Waals surface area contributed by atoms with Crippen LogP contribution in [0.3, 0.4) is 0 Å². The van der Waals surface area contributed by atoms with E-state index in [2.05, 4.69) is 10.6 Å². The summed E-state index contributed by atoms with van der Waals surface area (Å²) in [5.74, 6) is -0.454. The number of rotatable bonds is 4. The number of amides is 4. The number of carbonyl (C=O) groups excluding carboxylic acids is 3. The molecular formula is C14H25ClN4O3. The predicted molar refractivity (Wildman–Crippen MR) is 84.9 cm³/mol. The molecule has 2 fully saturated rings. The molecule has 126 valence electrons. The molecule has 2 heterocycles. The molecule has 0 saturated carbocycles. The van der Waals surface area contributed by atoms with Crippen molar-refractivity contribution in [2.24, 2.45) is 0 Å².